The summed E-state index contributed by atoms with van der Waals surface area (Å²) in [5.74, 6) is 0.167. The van der Waals surface area contributed by atoms with Crippen molar-refractivity contribution in [3.05, 3.63) is 54.5 Å². The quantitative estimate of drug-likeness (QED) is 0.382. The Balaban J connectivity index is 0.000000709. The molecule has 0 amide bonds. The van der Waals surface area contributed by atoms with Gasteiger partial charge in [-0.2, -0.15) is 5.26 Å². The zero-order valence-corrected chi connectivity index (χ0v) is 20.0. The van der Waals surface area contributed by atoms with Crippen LogP contribution in [-0.4, -0.2) is 26.4 Å². The van der Waals surface area contributed by atoms with Crippen molar-refractivity contribution in [2.24, 2.45) is 7.05 Å². The highest BCUT2D eigenvalue weighted by molar-refractivity contribution is 5.97. The van der Waals surface area contributed by atoms with E-state index in [1.54, 1.807) is 6.20 Å². The van der Waals surface area contributed by atoms with E-state index in [0.29, 0.717) is 11.7 Å². The third-order valence-electron chi connectivity index (χ3n) is 5.46. The van der Waals surface area contributed by atoms with E-state index in [-0.39, 0.29) is 5.78 Å². The van der Waals surface area contributed by atoms with Crippen LogP contribution in [0, 0.1) is 11.3 Å². The molecule has 33 heavy (non-hydrogen) atoms. The number of aryl methyl sites for hydroxylation is 1. The fourth-order valence-corrected chi connectivity index (χ4v) is 3.86. The summed E-state index contributed by atoms with van der Waals surface area (Å²) >= 11 is 0. The second-order valence-corrected chi connectivity index (χ2v) is 8.41. The normalized spacial score (nSPS) is 11.5. The molecule has 2 heterocycles. The Morgan fingerprint density at radius 3 is 2.61 bits per heavy atom. The van der Waals surface area contributed by atoms with Gasteiger partial charge in [-0.1, -0.05) is 32.4 Å². The van der Waals surface area contributed by atoms with E-state index in [2.05, 4.69) is 76.3 Å². The van der Waals surface area contributed by atoms with E-state index in [9.17, 15) is 10.1 Å². The number of fused-ring (bicyclic) bond motifs is 2. The number of hydrogen-bond donors (Lipinski definition) is 1. The Morgan fingerprint density at radius 2 is 1.94 bits per heavy atom. The molecule has 2 aromatic carbocycles. The standard InChI is InChI=1S/C24H25N5.C3H6O/c1-4-6-18(5-2)27-19-12-21(24-22(13-19)26-15-20(14-25)28-24)17-8-7-16-9-10-29(3)23(16)11-17;1-3(2)4/h7-13,15,18,27H,4-6H2,1-3H3;1-2H3. The lowest BCUT2D eigenvalue weighted by Crippen LogP contribution is -2.18. The van der Waals surface area contributed by atoms with Gasteiger partial charge in [-0.15, -0.1) is 0 Å². The van der Waals surface area contributed by atoms with Crippen molar-refractivity contribution in [3.8, 4) is 17.2 Å². The maximum Gasteiger partial charge on any atom is 0.159 e. The first-order valence-corrected chi connectivity index (χ1v) is 11.4. The number of nitrogens with zero attached hydrogens (tertiary/aromatic N) is 4. The summed E-state index contributed by atoms with van der Waals surface area (Å²) in [5.41, 5.74) is 6.14. The molecule has 170 valence electrons. The van der Waals surface area contributed by atoms with E-state index in [0.717, 1.165) is 52.6 Å². The predicted molar refractivity (Wildman–Crippen MR) is 135 cm³/mol. The molecule has 1 N–H and O–H groups in total. The minimum absolute atomic E-state index is 0.167. The smallest absolute Gasteiger partial charge is 0.159 e. The number of carbonyl (C=O) groups is 1. The lowest BCUT2D eigenvalue weighted by Gasteiger charge is -2.19. The fourth-order valence-electron chi connectivity index (χ4n) is 3.86. The van der Waals surface area contributed by atoms with Crippen molar-refractivity contribution in [1.29, 1.82) is 5.26 Å². The molecule has 0 aliphatic heterocycles. The number of carbonyl (C=O) groups excluding carboxylic acids is 1. The SMILES string of the molecule is CC(C)=O.CCCC(CC)Nc1cc(-c2ccc3ccn(C)c3c2)c2nc(C#N)cnc2c1. The van der Waals surface area contributed by atoms with Crippen LogP contribution in [0.3, 0.4) is 0 Å². The van der Waals surface area contributed by atoms with Gasteiger partial charge in [0.05, 0.1) is 17.2 Å². The van der Waals surface area contributed by atoms with Crippen LogP contribution in [0.1, 0.15) is 52.7 Å². The van der Waals surface area contributed by atoms with Gasteiger partial charge in [0.15, 0.2) is 5.69 Å². The van der Waals surface area contributed by atoms with Crippen LogP contribution in [0.15, 0.2) is 48.8 Å². The Hall–Kier alpha value is -3.72. The van der Waals surface area contributed by atoms with E-state index in [1.807, 2.05) is 13.1 Å². The molecule has 0 fully saturated rings. The summed E-state index contributed by atoms with van der Waals surface area (Å²) in [6.07, 6.45) is 6.93. The summed E-state index contributed by atoms with van der Waals surface area (Å²) in [4.78, 5) is 18.5. The highest BCUT2D eigenvalue weighted by Gasteiger charge is 2.13. The molecule has 0 aliphatic carbocycles. The summed E-state index contributed by atoms with van der Waals surface area (Å²) in [6, 6.07) is 15.2. The number of nitrogens with one attached hydrogen (secondary N) is 1. The van der Waals surface area contributed by atoms with Crippen LogP contribution >= 0.6 is 0 Å². The first-order chi connectivity index (χ1) is 15.9. The van der Waals surface area contributed by atoms with Crippen molar-refractivity contribution in [2.45, 2.75) is 53.0 Å². The number of rotatable bonds is 6. The Morgan fingerprint density at radius 1 is 1.18 bits per heavy atom. The number of benzene rings is 2. The van der Waals surface area contributed by atoms with E-state index in [1.165, 1.54) is 19.2 Å². The third-order valence-corrected chi connectivity index (χ3v) is 5.46. The van der Waals surface area contributed by atoms with Crippen LogP contribution in [-0.2, 0) is 11.8 Å². The highest BCUT2D eigenvalue weighted by atomic mass is 16.1. The molecule has 4 aromatic rings. The lowest BCUT2D eigenvalue weighted by atomic mass is 10.0. The monoisotopic (exact) mass is 441 g/mol. The minimum Gasteiger partial charge on any atom is -0.382 e. The fraction of sp³-hybridized carbons (Fsp3) is 0.333. The number of aromatic nitrogens is 3. The second kappa shape index (κ2) is 10.7. The average Bonchev–Trinajstić information content (AvgIpc) is 3.17. The molecule has 2 aromatic heterocycles. The summed E-state index contributed by atoms with van der Waals surface area (Å²) < 4.78 is 2.11. The average molecular weight is 442 g/mol. The van der Waals surface area contributed by atoms with Gasteiger partial charge in [0.2, 0.25) is 0 Å². The van der Waals surface area contributed by atoms with E-state index >= 15 is 0 Å². The first-order valence-electron chi connectivity index (χ1n) is 11.4. The van der Waals surface area contributed by atoms with Crippen LogP contribution in [0.2, 0.25) is 0 Å². The van der Waals surface area contributed by atoms with Gasteiger partial charge >= 0.3 is 0 Å². The summed E-state index contributed by atoms with van der Waals surface area (Å²) in [7, 11) is 2.05. The van der Waals surface area contributed by atoms with Gasteiger partial charge in [-0.05, 0) is 61.9 Å². The molecule has 1 atom stereocenters. The Labute approximate surface area is 195 Å². The highest BCUT2D eigenvalue weighted by Crippen LogP contribution is 2.33. The topological polar surface area (TPSA) is 83.6 Å². The van der Waals surface area contributed by atoms with Gasteiger partial charge < -0.3 is 14.7 Å². The zero-order valence-electron chi connectivity index (χ0n) is 20.0. The molecule has 0 saturated carbocycles. The summed E-state index contributed by atoms with van der Waals surface area (Å²) in [5, 5.41) is 14.2. The van der Waals surface area contributed by atoms with Crippen molar-refractivity contribution < 1.29 is 4.79 Å². The van der Waals surface area contributed by atoms with Crippen LogP contribution in [0.5, 0.6) is 0 Å². The maximum absolute atomic E-state index is 9.44. The molecule has 0 bridgehead atoms. The number of ketones is 1. The van der Waals surface area contributed by atoms with Crippen molar-refractivity contribution in [2.75, 3.05) is 5.32 Å². The van der Waals surface area contributed by atoms with E-state index < -0.39 is 0 Å². The molecule has 0 radical (unpaired) electrons. The van der Waals surface area contributed by atoms with E-state index in [4.69, 9.17) is 0 Å². The molecule has 0 aliphatic rings. The molecule has 6 nitrogen and oxygen atoms in total. The molecule has 0 saturated heterocycles. The molecule has 0 spiro atoms. The molecule has 6 heteroatoms. The Kier molecular flexibility index (Phi) is 7.78. The number of Topliss-reactive ketones (excluding diaryl/α,β-unsaturated/α-hetero) is 1. The largest absolute Gasteiger partial charge is 0.382 e. The van der Waals surface area contributed by atoms with Gasteiger partial charge in [0.25, 0.3) is 0 Å². The first kappa shape index (κ1) is 23.9. The second-order valence-electron chi connectivity index (χ2n) is 8.41. The number of hydrogen-bond acceptors (Lipinski definition) is 5. The lowest BCUT2D eigenvalue weighted by molar-refractivity contribution is -0.114. The van der Waals surface area contributed by atoms with Crippen molar-refractivity contribution in [1.82, 2.24) is 14.5 Å². The van der Waals surface area contributed by atoms with Crippen LogP contribution in [0.25, 0.3) is 33.1 Å². The van der Waals surface area contributed by atoms with Crippen molar-refractivity contribution in [3.63, 3.8) is 0 Å². The third kappa shape index (κ3) is 5.75. The number of nitriles is 1. The van der Waals surface area contributed by atoms with Gasteiger partial charge in [0.1, 0.15) is 11.9 Å². The molecule has 1 unspecified atom stereocenters. The molecule has 4 rings (SSSR count). The van der Waals surface area contributed by atoms with Crippen molar-refractivity contribution >= 4 is 33.4 Å². The van der Waals surface area contributed by atoms with Gasteiger partial charge in [0, 0.05) is 36.1 Å². The van der Waals surface area contributed by atoms with Crippen LogP contribution in [0.4, 0.5) is 5.69 Å². The predicted octanol–water partition coefficient (Wildman–Crippen LogP) is 6.25. The zero-order chi connectivity index (χ0) is 24.0. The molecular weight excluding hydrogens is 410 g/mol. The van der Waals surface area contributed by atoms with Crippen LogP contribution < -0.4 is 5.32 Å². The van der Waals surface area contributed by atoms with Gasteiger partial charge in [-0.3, -0.25) is 4.98 Å². The maximum atomic E-state index is 9.44. The number of anilines is 1. The summed E-state index contributed by atoms with van der Waals surface area (Å²) in [6.45, 7) is 7.47. The minimum atomic E-state index is 0.167. The molecular formula is C27H31N5O. The van der Waals surface area contributed by atoms with Gasteiger partial charge in [-0.25, -0.2) is 4.98 Å². The Bertz CT molecular complexity index is 1310.